The highest BCUT2D eigenvalue weighted by molar-refractivity contribution is 5.76. The second-order valence-electron chi connectivity index (χ2n) is 8.46. The maximum atomic E-state index is 12.8. The summed E-state index contributed by atoms with van der Waals surface area (Å²) in [4.78, 5) is 28.6. The number of rotatable bonds is 8. The number of carbonyl (C=O) groups is 2. The highest BCUT2D eigenvalue weighted by Crippen LogP contribution is 2.32. The van der Waals surface area contributed by atoms with Gasteiger partial charge in [-0.25, -0.2) is 4.79 Å². The number of amides is 2. The van der Waals surface area contributed by atoms with Crippen molar-refractivity contribution in [2.24, 2.45) is 11.8 Å². The number of nitrogens with zero attached hydrogens (tertiary/aromatic N) is 2. The molecule has 6 heteroatoms. The molecule has 0 spiro atoms. The molecular weight excluding hydrogens is 342 g/mol. The Balaban J connectivity index is 1.36. The molecule has 3 fully saturated rings. The molecule has 154 valence electrons. The molecule has 0 atom stereocenters. The van der Waals surface area contributed by atoms with Gasteiger partial charge in [-0.2, -0.15) is 0 Å². The summed E-state index contributed by atoms with van der Waals surface area (Å²) in [6.07, 6.45) is 9.55. The van der Waals surface area contributed by atoms with E-state index in [2.05, 4.69) is 15.1 Å². The van der Waals surface area contributed by atoms with E-state index in [4.69, 9.17) is 4.74 Å². The molecule has 1 saturated carbocycles. The van der Waals surface area contributed by atoms with Crippen molar-refractivity contribution in [3.8, 4) is 0 Å². The third-order valence-electron chi connectivity index (χ3n) is 6.71. The average Bonchev–Trinajstić information content (AvgIpc) is 3.07. The molecule has 2 amide bonds. The Morgan fingerprint density at radius 1 is 1.04 bits per heavy atom. The number of nitrogens with one attached hydrogen (secondary N) is 1. The predicted octanol–water partition coefficient (Wildman–Crippen LogP) is 3.02. The Labute approximate surface area is 164 Å². The molecule has 0 bridgehead atoms. The molecule has 0 radical (unpaired) electrons. The van der Waals surface area contributed by atoms with Gasteiger partial charge in [-0.05, 0) is 83.2 Å². The van der Waals surface area contributed by atoms with Crippen LogP contribution in [-0.2, 0) is 9.53 Å². The Morgan fingerprint density at radius 3 is 2.44 bits per heavy atom. The normalized spacial score (nSPS) is 27.2. The first kappa shape index (κ1) is 20.4. The molecule has 1 aliphatic carbocycles. The molecule has 3 aliphatic rings. The summed E-state index contributed by atoms with van der Waals surface area (Å²) in [6.45, 7) is 7.29. The van der Waals surface area contributed by atoms with Crippen LogP contribution < -0.4 is 5.32 Å². The van der Waals surface area contributed by atoms with Gasteiger partial charge in [-0.3, -0.25) is 4.79 Å². The van der Waals surface area contributed by atoms with Crippen LogP contribution in [0.4, 0.5) is 4.79 Å². The fourth-order valence-electron chi connectivity index (χ4n) is 4.96. The topological polar surface area (TPSA) is 61.9 Å². The molecule has 0 aromatic rings. The van der Waals surface area contributed by atoms with Gasteiger partial charge in [0.05, 0.1) is 6.61 Å². The van der Waals surface area contributed by atoms with Crippen LogP contribution in [0.1, 0.15) is 64.7 Å². The minimum atomic E-state index is -0.0706. The molecule has 27 heavy (non-hydrogen) atoms. The molecule has 0 unspecified atom stereocenters. The molecule has 2 heterocycles. The smallest absolute Gasteiger partial charge is 0.320 e. The summed E-state index contributed by atoms with van der Waals surface area (Å²) in [7, 11) is 0. The lowest BCUT2D eigenvalue weighted by Gasteiger charge is -2.34. The lowest BCUT2D eigenvalue weighted by atomic mass is 9.83. The number of esters is 1. The van der Waals surface area contributed by atoms with Crippen molar-refractivity contribution in [3.63, 3.8) is 0 Å². The zero-order valence-electron chi connectivity index (χ0n) is 17.0. The van der Waals surface area contributed by atoms with Gasteiger partial charge >= 0.3 is 12.0 Å². The second-order valence-corrected chi connectivity index (χ2v) is 8.46. The van der Waals surface area contributed by atoms with E-state index >= 15 is 0 Å². The third kappa shape index (κ3) is 5.84. The van der Waals surface area contributed by atoms with Crippen LogP contribution in [0.15, 0.2) is 0 Å². The molecule has 3 rings (SSSR count). The van der Waals surface area contributed by atoms with Gasteiger partial charge in [0.25, 0.3) is 0 Å². The van der Waals surface area contributed by atoms with Gasteiger partial charge < -0.3 is 19.9 Å². The van der Waals surface area contributed by atoms with Crippen LogP contribution >= 0.6 is 0 Å². The van der Waals surface area contributed by atoms with Crippen molar-refractivity contribution < 1.29 is 14.3 Å². The molecule has 2 aliphatic heterocycles. The van der Waals surface area contributed by atoms with E-state index in [1.54, 1.807) is 0 Å². The SMILES string of the molecule is CCOC(=O)CCC1CCC(N2CCN(CCC3CCNCC3)C2=O)CC1. The first-order valence-corrected chi connectivity index (χ1v) is 11.1. The Kier molecular flexibility index (Phi) is 7.80. The van der Waals surface area contributed by atoms with E-state index in [0.29, 0.717) is 25.0 Å². The molecule has 1 N–H and O–H groups in total. The number of carbonyl (C=O) groups excluding carboxylic acids is 2. The Bertz CT molecular complexity index is 485. The zero-order valence-corrected chi connectivity index (χ0v) is 17.0. The second kappa shape index (κ2) is 10.3. The minimum absolute atomic E-state index is 0.0706. The van der Waals surface area contributed by atoms with Gasteiger partial charge in [-0.1, -0.05) is 0 Å². The van der Waals surface area contributed by atoms with Crippen molar-refractivity contribution in [2.45, 2.75) is 70.8 Å². The van der Waals surface area contributed by atoms with Gasteiger partial charge in [0.2, 0.25) is 0 Å². The largest absolute Gasteiger partial charge is 0.466 e. The molecule has 2 saturated heterocycles. The van der Waals surface area contributed by atoms with Crippen LogP contribution in [-0.4, -0.2) is 67.2 Å². The number of ether oxygens (including phenoxy) is 1. The van der Waals surface area contributed by atoms with Crippen LogP contribution in [0.2, 0.25) is 0 Å². The summed E-state index contributed by atoms with van der Waals surface area (Å²) in [5.74, 6) is 1.32. The highest BCUT2D eigenvalue weighted by Gasteiger charge is 2.35. The number of hydrogen-bond donors (Lipinski definition) is 1. The highest BCUT2D eigenvalue weighted by atomic mass is 16.5. The van der Waals surface area contributed by atoms with E-state index in [0.717, 1.165) is 77.2 Å². The van der Waals surface area contributed by atoms with Crippen molar-refractivity contribution >= 4 is 12.0 Å². The number of piperidine rings is 1. The van der Waals surface area contributed by atoms with Gasteiger partial charge in [0.1, 0.15) is 0 Å². The zero-order chi connectivity index (χ0) is 19.1. The molecule has 6 nitrogen and oxygen atoms in total. The van der Waals surface area contributed by atoms with Crippen molar-refractivity contribution in [3.05, 3.63) is 0 Å². The van der Waals surface area contributed by atoms with Crippen LogP contribution in [0.3, 0.4) is 0 Å². The average molecular weight is 380 g/mol. The molecule has 0 aromatic heterocycles. The van der Waals surface area contributed by atoms with Crippen LogP contribution in [0.5, 0.6) is 0 Å². The number of urea groups is 1. The maximum Gasteiger partial charge on any atom is 0.320 e. The van der Waals surface area contributed by atoms with Crippen molar-refractivity contribution in [1.82, 2.24) is 15.1 Å². The van der Waals surface area contributed by atoms with Gasteiger partial charge in [0, 0.05) is 32.1 Å². The summed E-state index contributed by atoms with van der Waals surface area (Å²) in [5, 5.41) is 3.41. The molecule has 0 aromatic carbocycles. The summed E-state index contributed by atoms with van der Waals surface area (Å²) in [5.41, 5.74) is 0. The number of hydrogen-bond acceptors (Lipinski definition) is 4. The predicted molar refractivity (Wildman–Crippen MR) is 105 cm³/mol. The Hall–Kier alpha value is -1.30. The molecular formula is C21H37N3O3. The maximum absolute atomic E-state index is 12.8. The van der Waals surface area contributed by atoms with Crippen molar-refractivity contribution in [1.29, 1.82) is 0 Å². The quantitative estimate of drug-likeness (QED) is 0.659. The first-order chi connectivity index (χ1) is 13.2. The standard InChI is InChI=1S/C21H37N3O3/c1-2-27-20(25)8-5-17-3-6-19(7-4-17)24-16-15-23(21(24)26)14-11-18-9-12-22-13-10-18/h17-19,22H,2-16H2,1H3. The van der Waals surface area contributed by atoms with E-state index in [1.165, 1.54) is 12.8 Å². The van der Waals surface area contributed by atoms with Gasteiger partial charge in [-0.15, -0.1) is 0 Å². The lowest BCUT2D eigenvalue weighted by molar-refractivity contribution is -0.143. The summed E-state index contributed by atoms with van der Waals surface area (Å²) >= 11 is 0. The Morgan fingerprint density at radius 2 is 1.74 bits per heavy atom. The monoisotopic (exact) mass is 379 g/mol. The van der Waals surface area contributed by atoms with E-state index in [-0.39, 0.29) is 12.0 Å². The first-order valence-electron chi connectivity index (χ1n) is 11.1. The summed E-state index contributed by atoms with van der Waals surface area (Å²) < 4.78 is 5.03. The lowest BCUT2D eigenvalue weighted by Crippen LogP contribution is -2.41. The van der Waals surface area contributed by atoms with E-state index in [9.17, 15) is 9.59 Å². The van der Waals surface area contributed by atoms with Gasteiger partial charge in [0.15, 0.2) is 0 Å². The van der Waals surface area contributed by atoms with Crippen molar-refractivity contribution in [2.75, 3.05) is 39.3 Å². The third-order valence-corrected chi connectivity index (χ3v) is 6.71. The summed E-state index contributed by atoms with van der Waals surface area (Å²) in [6, 6.07) is 0.666. The fraction of sp³-hybridized carbons (Fsp3) is 0.905. The minimum Gasteiger partial charge on any atom is -0.466 e. The fourth-order valence-corrected chi connectivity index (χ4v) is 4.96. The van der Waals surface area contributed by atoms with Crippen LogP contribution in [0.25, 0.3) is 0 Å². The van der Waals surface area contributed by atoms with E-state index < -0.39 is 0 Å². The van der Waals surface area contributed by atoms with Crippen LogP contribution in [0, 0.1) is 11.8 Å². The van der Waals surface area contributed by atoms with E-state index in [1.807, 2.05) is 6.92 Å².